The molecule has 0 aliphatic heterocycles. The van der Waals surface area contributed by atoms with Gasteiger partial charge in [0.25, 0.3) is 0 Å². The fraction of sp³-hybridized carbons (Fsp3) is 0.312. The second-order valence-electron chi connectivity index (χ2n) is 5.39. The number of nitrogens with zero attached hydrogens (tertiary/aromatic N) is 4. The average Bonchev–Trinajstić information content (AvgIpc) is 3.17. The molecule has 0 spiro atoms. The van der Waals surface area contributed by atoms with Crippen LogP contribution in [0.1, 0.15) is 34.9 Å². The molecule has 0 unspecified atom stereocenters. The fourth-order valence-electron chi connectivity index (χ4n) is 2.28. The topological polar surface area (TPSA) is 73.8 Å². The van der Waals surface area contributed by atoms with E-state index in [4.69, 9.17) is 4.52 Å². The van der Waals surface area contributed by atoms with Crippen LogP contribution in [-0.2, 0) is 16.6 Å². The van der Waals surface area contributed by atoms with Crippen LogP contribution in [-0.4, -0.2) is 24.4 Å². The Morgan fingerprint density at radius 2 is 2.00 bits per heavy atom. The summed E-state index contributed by atoms with van der Waals surface area (Å²) in [6, 6.07) is 9.72. The molecule has 7 heteroatoms. The quantitative estimate of drug-likeness (QED) is 0.719. The molecule has 0 fully saturated rings. The lowest BCUT2D eigenvalue weighted by atomic mass is 10.2. The van der Waals surface area contributed by atoms with E-state index in [1.54, 1.807) is 4.68 Å². The lowest BCUT2D eigenvalue weighted by Gasteiger charge is -2.08. The molecule has 0 saturated carbocycles. The SMILES string of the molecule is Cc1noc(C)c1C[S@](=O)[C@H](C)c1cn(-c2ccccc2)nn1. The average molecular weight is 330 g/mol. The van der Waals surface area contributed by atoms with Crippen LogP contribution >= 0.6 is 0 Å². The highest BCUT2D eigenvalue weighted by molar-refractivity contribution is 7.84. The number of hydrogen-bond acceptors (Lipinski definition) is 5. The molecule has 2 aromatic heterocycles. The monoisotopic (exact) mass is 330 g/mol. The number of benzene rings is 1. The van der Waals surface area contributed by atoms with Gasteiger partial charge in [0.1, 0.15) is 5.76 Å². The van der Waals surface area contributed by atoms with Crippen molar-refractivity contribution >= 4 is 10.8 Å². The van der Waals surface area contributed by atoms with Crippen molar-refractivity contribution in [2.24, 2.45) is 0 Å². The van der Waals surface area contributed by atoms with E-state index < -0.39 is 10.8 Å². The standard InChI is InChI=1S/C16H18N4O2S/c1-11-15(12(2)22-18-11)10-23(21)13(3)16-9-20(19-17-16)14-7-5-4-6-8-14/h4-9,13H,10H2,1-3H3/t13-,23+/m1/s1. The first-order chi connectivity index (χ1) is 11.1. The summed E-state index contributed by atoms with van der Waals surface area (Å²) in [5.74, 6) is 1.12. The Kier molecular flexibility index (Phi) is 4.38. The molecule has 0 saturated heterocycles. The maximum Gasteiger partial charge on any atom is 0.138 e. The minimum atomic E-state index is -1.12. The van der Waals surface area contributed by atoms with E-state index >= 15 is 0 Å². The summed E-state index contributed by atoms with van der Waals surface area (Å²) >= 11 is 0. The van der Waals surface area contributed by atoms with Gasteiger partial charge in [0.15, 0.2) is 0 Å². The molecule has 1 aromatic carbocycles. The van der Waals surface area contributed by atoms with Gasteiger partial charge in [0, 0.05) is 16.4 Å². The summed E-state index contributed by atoms with van der Waals surface area (Å²) < 4.78 is 19.4. The Morgan fingerprint density at radius 1 is 1.26 bits per heavy atom. The van der Waals surface area contributed by atoms with Gasteiger partial charge in [-0.2, -0.15) is 0 Å². The Bertz CT molecular complexity index is 806. The van der Waals surface area contributed by atoms with Crippen molar-refractivity contribution in [2.45, 2.75) is 31.8 Å². The molecule has 2 atom stereocenters. The summed E-state index contributed by atoms with van der Waals surface area (Å²) in [5, 5.41) is 12.0. The minimum absolute atomic E-state index is 0.221. The highest BCUT2D eigenvalue weighted by atomic mass is 32.2. The van der Waals surface area contributed by atoms with Gasteiger partial charge in [-0.25, -0.2) is 4.68 Å². The lowest BCUT2D eigenvalue weighted by molar-refractivity contribution is 0.392. The highest BCUT2D eigenvalue weighted by Gasteiger charge is 2.21. The van der Waals surface area contributed by atoms with Crippen molar-refractivity contribution in [3.05, 3.63) is 59.2 Å². The molecule has 3 rings (SSSR count). The van der Waals surface area contributed by atoms with Gasteiger partial charge < -0.3 is 4.52 Å². The fourth-order valence-corrected chi connectivity index (χ4v) is 3.60. The molecule has 0 bridgehead atoms. The second-order valence-corrected chi connectivity index (χ2v) is 7.15. The van der Waals surface area contributed by atoms with Crippen molar-refractivity contribution in [1.29, 1.82) is 0 Å². The first-order valence-electron chi connectivity index (χ1n) is 7.33. The van der Waals surface area contributed by atoms with E-state index in [9.17, 15) is 4.21 Å². The summed E-state index contributed by atoms with van der Waals surface area (Å²) in [7, 11) is -1.12. The van der Waals surface area contributed by atoms with Crippen LogP contribution in [0.3, 0.4) is 0 Å². The Morgan fingerprint density at radius 3 is 2.65 bits per heavy atom. The first kappa shape index (κ1) is 15.6. The molecule has 0 amide bonds. The number of aromatic nitrogens is 4. The smallest absolute Gasteiger partial charge is 0.138 e. The predicted octanol–water partition coefficient (Wildman–Crippen LogP) is 2.88. The number of para-hydroxylation sites is 1. The van der Waals surface area contributed by atoms with Crippen LogP contribution in [0.25, 0.3) is 5.69 Å². The van der Waals surface area contributed by atoms with Crippen molar-refractivity contribution in [3.8, 4) is 5.69 Å². The number of hydrogen-bond donors (Lipinski definition) is 0. The molecule has 120 valence electrons. The highest BCUT2D eigenvalue weighted by Crippen LogP contribution is 2.23. The summed E-state index contributed by atoms with van der Waals surface area (Å²) in [6.45, 7) is 5.59. The maximum atomic E-state index is 12.6. The van der Waals surface area contributed by atoms with Gasteiger partial charge in [-0.05, 0) is 32.9 Å². The molecular weight excluding hydrogens is 312 g/mol. The number of aryl methyl sites for hydroxylation is 2. The van der Waals surface area contributed by atoms with Crippen LogP contribution in [0, 0.1) is 13.8 Å². The zero-order valence-corrected chi connectivity index (χ0v) is 14.1. The van der Waals surface area contributed by atoms with E-state index in [0.717, 1.165) is 22.7 Å². The van der Waals surface area contributed by atoms with Gasteiger partial charge in [0.05, 0.1) is 34.3 Å². The molecule has 0 N–H and O–H groups in total. The van der Waals surface area contributed by atoms with E-state index in [2.05, 4.69) is 15.5 Å². The molecule has 0 aliphatic carbocycles. The van der Waals surface area contributed by atoms with Gasteiger partial charge in [-0.15, -0.1) is 5.10 Å². The van der Waals surface area contributed by atoms with Crippen molar-refractivity contribution in [1.82, 2.24) is 20.2 Å². The molecule has 3 aromatic rings. The van der Waals surface area contributed by atoms with E-state index in [0.29, 0.717) is 11.4 Å². The van der Waals surface area contributed by atoms with Crippen LogP contribution in [0.5, 0.6) is 0 Å². The van der Waals surface area contributed by atoms with E-state index in [-0.39, 0.29) is 5.25 Å². The first-order valence-corrected chi connectivity index (χ1v) is 8.71. The van der Waals surface area contributed by atoms with E-state index in [1.807, 2.05) is 57.3 Å². The predicted molar refractivity (Wildman–Crippen MR) is 87.6 cm³/mol. The number of rotatable bonds is 5. The normalized spacial score (nSPS) is 13.9. The summed E-state index contributed by atoms with van der Waals surface area (Å²) in [6.07, 6.45) is 1.82. The molecule has 0 aliphatic rings. The third kappa shape index (κ3) is 3.24. The van der Waals surface area contributed by atoms with Crippen molar-refractivity contribution in [2.75, 3.05) is 0 Å². The summed E-state index contributed by atoms with van der Waals surface area (Å²) in [5.41, 5.74) is 3.33. The minimum Gasteiger partial charge on any atom is -0.361 e. The van der Waals surface area contributed by atoms with Crippen LogP contribution in [0.4, 0.5) is 0 Å². The Labute approximate surface area is 137 Å². The Balaban J connectivity index is 1.77. The lowest BCUT2D eigenvalue weighted by Crippen LogP contribution is -2.07. The second kappa shape index (κ2) is 6.45. The van der Waals surface area contributed by atoms with Crippen LogP contribution < -0.4 is 0 Å². The van der Waals surface area contributed by atoms with Gasteiger partial charge >= 0.3 is 0 Å². The zero-order valence-electron chi connectivity index (χ0n) is 13.3. The third-order valence-corrected chi connectivity index (χ3v) is 5.41. The molecule has 23 heavy (non-hydrogen) atoms. The van der Waals surface area contributed by atoms with Crippen molar-refractivity contribution in [3.63, 3.8) is 0 Å². The van der Waals surface area contributed by atoms with Crippen molar-refractivity contribution < 1.29 is 8.73 Å². The molecule has 0 radical (unpaired) electrons. The maximum absolute atomic E-state index is 12.6. The summed E-state index contributed by atoms with van der Waals surface area (Å²) in [4.78, 5) is 0. The zero-order chi connectivity index (χ0) is 16.4. The molecular formula is C16H18N4O2S. The Hall–Kier alpha value is -2.28. The van der Waals surface area contributed by atoms with Crippen LogP contribution in [0.15, 0.2) is 41.1 Å². The third-order valence-electron chi connectivity index (χ3n) is 3.81. The van der Waals surface area contributed by atoms with E-state index in [1.165, 1.54) is 0 Å². The van der Waals surface area contributed by atoms with Crippen LogP contribution in [0.2, 0.25) is 0 Å². The molecule has 6 nitrogen and oxygen atoms in total. The van der Waals surface area contributed by atoms with Gasteiger partial charge in [-0.1, -0.05) is 28.6 Å². The van der Waals surface area contributed by atoms with Gasteiger partial charge in [0.2, 0.25) is 0 Å². The largest absolute Gasteiger partial charge is 0.361 e. The molecule has 2 heterocycles. The van der Waals surface area contributed by atoms with Gasteiger partial charge in [-0.3, -0.25) is 4.21 Å².